The lowest BCUT2D eigenvalue weighted by Gasteiger charge is -2.19. The summed E-state index contributed by atoms with van der Waals surface area (Å²) in [5.74, 6) is -0.185. The van der Waals surface area contributed by atoms with Gasteiger partial charge in [-0.05, 0) is 39.2 Å². The topological polar surface area (TPSA) is 91.2 Å². The normalized spacial score (nSPS) is 13.4. The Balaban J connectivity index is 2.37. The zero-order valence-electron chi connectivity index (χ0n) is 17.4. The van der Waals surface area contributed by atoms with E-state index in [0.717, 1.165) is 11.1 Å². The summed E-state index contributed by atoms with van der Waals surface area (Å²) in [5, 5.41) is 14.7. The van der Waals surface area contributed by atoms with Gasteiger partial charge in [-0.15, -0.1) is 0 Å². The van der Waals surface area contributed by atoms with Crippen molar-refractivity contribution in [3.8, 4) is 6.07 Å². The maximum absolute atomic E-state index is 12.2. The Labute approximate surface area is 168 Å². The van der Waals surface area contributed by atoms with Crippen LogP contribution in [-0.2, 0) is 16.0 Å². The first-order chi connectivity index (χ1) is 13.1. The summed E-state index contributed by atoms with van der Waals surface area (Å²) in [7, 11) is 0. The number of alkyl carbamates (subject to hydrolysis) is 1. The second-order valence-corrected chi connectivity index (χ2v) is 7.93. The number of carbonyl (C=O) groups is 2. The van der Waals surface area contributed by atoms with E-state index in [0.29, 0.717) is 13.0 Å². The number of nitriles is 1. The number of nitrogens with one attached hydrogen (secondary N) is 2. The van der Waals surface area contributed by atoms with Gasteiger partial charge in [0, 0.05) is 19.4 Å². The Morgan fingerprint density at radius 3 is 2.46 bits per heavy atom. The highest BCUT2D eigenvalue weighted by Crippen LogP contribution is 2.08. The van der Waals surface area contributed by atoms with Crippen molar-refractivity contribution in [2.24, 2.45) is 5.92 Å². The fraction of sp³-hybridized carbons (Fsp3) is 0.500. The molecule has 6 nitrogen and oxygen atoms in total. The average molecular weight is 386 g/mol. The Morgan fingerprint density at radius 2 is 1.89 bits per heavy atom. The summed E-state index contributed by atoms with van der Waals surface area (Å²) in [6.45, 7) is 9.65. The third-order valence-corrected chi connectivity index (χ3v) is 3.79. The Kier molecular flexibility index (Phi) is 9.23. The van der Waals surface area contributed by atoms with Crippen molar-refractivity contribution in [1.29, 1.82) is 5.26 Å². The molecule has 0 aliphatic carbocycles. The third kappa shape index (κ3) is 10.4. The van der Waals surface area contributed by atoms with E-state index in [1.807, 2.05) is 44.2 Å². The largest absolute Gasteiger partial charge is 0.444 e. The van der Waals surface area contributed by atoms with Crippen molar-refractivity contribution >= 4 is 12.0 Å². The van der Waals surface area contributed by atoms with Gasteiger partial charge in [-0.1, -0.05) is 48.9 Å². The van der Waals surface area contributed by atoms with Crippen molar-refractivity contribution in [2.45, 2.75) is 59.1 Å². The second-order valence-electron chi connectivity index (χ2n) is 7.93. The van der Waals surface area contributed by atoms with Crippen LogP contribution in [0.3, 0.4) is 0 Å². The number of ether oxygens (including phenoxy) is 1. The smallest absolute Gasteiger partial charge is 0.407 e. The number of allylic oxidation sites excluding steroid dienone is 1. The number of carbonyl (C=O) groups excluding carboxylic acids is 2. The van der Waals surface area contributed by atoms with E-state index in [-0.39, 0.29) is 18.2 Å². The molecule has 1 aromatic rings. The van der Waals surface area contributed by atoms with E-state index in [9.17, 15) is 14.9 Å². The van der Waals surface area contributed by atoms with Crippen molar-refractivity contribution < 1.29 is 14.3 Å². The number of hydrogen-bond acceptors (Lipinski definition) is 4. The zero-order chi connectivity index (χ0) is 21.2. The van der Waals surface area contributed by atoms with Gasteiger partial charge in [-0.25, -0.2) is 4.79 Å². The predicted molar refractivity (Wildman–Crippen MR) is 110 cm³/mol. The molecule has 2 amide bonds. The SMILES string of the molecule is Cc1ccc(CC(C#N)NC(=O)C[C@H](C)/C=C\CNC(=O)OC(C)(C)C)cc1. The number of hydrogen-bond donors (Lipinski definition) is 2. The molecule has 28 heavy (non-hydrogen) atoms. The molecular formula is C22H31N3O3. The van der Waals surface area contributed by atoms with Crippen LogP contribution in [0, 0.1) is 24.2 Å². The molecule has 0 aliphatic rings. The van der Waals surface area contributed by atoms with Gasteiger partial charge >= 0.3 is 6.09 Å². The Bertz CT molecular complexity index is 712. The minimum atomic E-state index is -0.555. The lowest BCUT2D eigenvalue weighted by atomic mass is 10.0. The van der Waals surface area contributed by atoms with Crippen LogP contribution in [0.5, 0.6) is 0 Å². The van der Waals surface area contributed by atoms with Crippen LogP contribution in [0.1, 0.15) is 45.2 Å². The highest BCUT2D eigenvalue weighted by atomic mass is 16.6. The summed E-state index contributed by atoms with van der Waals surface area (Å²) in [6.07, 6.45) is 3.92. The van der Waals surface area contributed by atoms with Crippen LogP contribution in [-0.4, -0.2) is 30.2 Å². The van der Waals surface area contributed by atoms with Gasteiger partial charge in [-0.2, -0.15) is 5.26 Å². The molecule has 0 aromatic heterocycles. The summed E-state index contributed by atoms with van der Waals surface area (Å²) in [4.78, 5) is 23.7. The molecule has 1 aromatic carbocycles. The lowest BCUT2D eigenvalue weighted by Crippen LogP contribution is -2.36. The van der Waals surface area contributed by atoms with Crippen LogP contribution in [0.4, 0.5) is 4.79 Å². The van der Waals surface area contributed by atoms with Gasteiger partial charge in [0.25, 0.3) is 0 Å². The van der Waals surface area contributed by atoms with Crippen molar-refractivity contribution in [3.63, 3.8) is 0 Å². The quantitative estimate of drug-likeness (QED) is 0.668. The standard InChI is InChI=1S/C22H31N3O3/c1-16-8-10-18(11-9-16)14-19(15-23)25-20(26)13-17(2)7-6-12-24-21(27)28-22(3,4)5/h6-11,17,19H,12-14H2,1-5H3,(H,24,27)(H,25,26)/b7-6-/t17-,19?/m1/s1. The predicted octanol–water partition coefficient (Wildman–Crippen LogP) is 3.65. The molecule has 152 valence electrons. The fourth-order valence-electron chi connectivity index (χ4n) is 2.46. The second kappa shape index (κ2) is 11.1. The summed E-state index contributed by atoms with van der Waals surface area (Å²) >= 11 is 0. The number of nitrogens with zero attached hydrogens (tertiary/aromatic N) is 1. The monoisotopic (exact) mass is 385 g/mol. The third-order valence-electron chi connectivity index (χ3n) is 3.79. The van der Waals surface area contributed by atoms with Crippen molar-refractivity contribution in [3.05, 3.63) is 47.5 Å². The molecule has 0 spiro atoms. The molecular weight excluding hydrogens is 354 g/mol. The minimum absolute atomic E-state index is 0.0147. The molecule has 2 N–H and O–H groups in total. The van der Waals surface area contributed by atoms with Gasteiger partial charge in [-0.3, -0.25) is 4.79 Å². The summed E-state index contributed by atoms with van der Waals surface area (Å²) in [6, 6.07) is 9.50. The molecule has 0 bridgehead atoms. The van der Waals surface area contributed by atoms with E-state index < -0.39 is 17.7 Å². The van der Waals surface area contributed by atoms with Crippen LogP contribution in [0.2, 0.25) is 0 Å². The van der Waals surface area contributed by atoms with E-state index >= 15 is 0 Å². The molecule has 0 saturated heterocycles. The van der Waals surface area contributed by atoms with Gasteiger partial charge < -0.3 is 15.4 Å². The maximum Gasteiger partial charge on any atom is 0.407 e. The molecule has 2 atom stereocenters. The molecule has 1 rings (SSSR count). The molecule has 0 fully saturated rings. The molecule has 1 unspecified atom stereocenters. The van der Waals surface area contributed by atoms with Gasteiger partial charge in [0.2, 0.25) is 5.91 Å². The van der Waals surface area contributed by atoms with E-state index in [2.05, 4.69) is 16.7 Å². The first-order valence-electron chi connectivity index (χ1n) is 9.47. The molecule has 0 heterocycles. The van der Waals surface area contributed by atoms with Crippen LogP contribution < -0.4 is 10.6 Å². The van der Waals surface area contributed by atoms with Crippen molar-refractivity contribution in [2.75, 3.05) is 6.54 Å². The first kappa shape index (κ1) is 23.2. The van der Waals surface area contributed by atoms with E-state index in [1.54, 1.807) is 26.8 Å². The number of benzene rings is 1. The van der Waals surface area contributed by atoms with Gasteiger partial charge in [0.1, 0.15) is 11.6 Å². The number of rotatable bonds is 8. The summed E-state index contributed by atoms with van der Waals surface area (Å²) < 4.78 is 5.14. The first-order valence-corrected chi connectivity index (χ1v) is 9.47. The highest BCUT2D eigenvalue weighted by Gasteiger charge is 2.15. The van der Waals surface area contributed by atoms with Crippen LogP contribution in [0.15, 0.2) is 36.4 Å². The fourth-order valence-corrected chi connectivity index (χ4v) is 2.46. The molecule has 0 aliphatic heterocycles. The van der Waals surface area contributed by atoms with Crippen LogP contribution >= 0.6 is 0 Å². The Morgan fingerprint density at radius 1 is 1.25 bits per heavy atom. The van der Waals surface area contributed by atoms with E-state index in [4.69, 9.17) is 4.74 Å². The average Bonchev–Trinajstić information content (AvgIpc) is 2.58. The molecule has 0 saturated carbocycles. The lowest BCUT2D eigenvalue weighted by molar-refractivity contribution is -0.122. The number of aryl methyl sites for hydroxylation is 1. The van der Waals surface area contributed by atoms with Crippen molar-refractivity contribution in [1.82, 2.24) is 10.6 Å². The molecule has 6 heteroatoms. The Hall–Kier alpha value is -2.81. The van der Waals surface area contributed by atoms with Gasteiger partial charge in [0.05, 0.1) is 6.07 Å². The highest BCUT2D eigenvalue weighted by molar-refractivity contribution is 5.77. The van der Waals surface area contributed by atoms with E-state index in [1.165, 1.54) is 0 Å². The molecule has 0 radical (unpaired) electrons. The summed E-state index contributed by atoms with van der Waals surface area (Å²) in [5.41, 5.74) is 1.64. The number of amides is 2. The maximum atomic E-state index is 12.2. The van der Waals surface area contributed by atoms with Crippen LogP contribution in [0.25, 0.3) is 0 Å². The minimum Gasteiger partial charge on any atom is -0.444 e. The van der Waals surface area contributed by atoms with Gasteiger partial charge in [0.15, 0.2) is 0 Å². The zero-order valence-corrected chi connectivity index (χ0v) is 17.4.